The summed E-state index contributed by atoms with van der Waals surface area (Å²) in [4.78, 5) is 11.7. The summed E-state index contributed by atoms with van der Waals surface area (Å²) in [6, 6.07) is 3.75. The molecule has 1 aromatic carbocycles. The fourth-order valence-corrected chi connectivity index (χ4v) is 2.09. The highest BCUT2D eigenvalue weighted by molar-refractivity contribution is 7.90. The maximum absolute atomic E-state index is 11.7. The first-order valence-electron chi connectivity index (χ1n) is 5.77. The van der Waals surface area contributed by atoms with Crippen LogP contribution in [0.3, 0.4) is 0 Å². The first-order chi connectivity index (χ1) is 8.74. The summed E-state index contributed by atoms with van der Waals surface area (Å²) in [5, 5.41) is 12.1. The molecule has 0 bridgehead atoms. The molecule has 1 unspecified atom stereocenters. The van der Waals surface area contributed by atoms with E-state index in [1.54, 1.807) is 0 Å². The lowest BCUT2D eigenvalue weighted by Gasteiger charge is -2.11. The van der Waals surface area contributed by atoms with Crippen molar-refractivity contribution in [2.45, 2.75) is 18.2 Å². The zero-order valence-electron chi connectivity index (χ0n) is 10.9. The number of hydrogen-bond acceptors (Lipinski definition) is 5. The van der Waals surface area contributed by atoms with Crippen LogP contribution in [0.2, 0.25) is 0 Å². The van der Waals surface area contributed by atoms with Crippen molar-refractivity contribution in [1.29, 1.82) is 0 Å². The van der Waals surface area contributed by atoms with Gasteiger partial charge in [-0.1, -0.05) is 6.92 Å². The summed E-state index contributed by atoms with van der Waals surface area (Å²) in [5.74, 6) is -0.486. The van der Waals surface area contributed by atoms with E-state index in [0.29, 0.717) is 6.54 Å². The molecule has 0 aromatic heterocycles. The Morgan fingerprint density at radius 3 is 2.63 bits per heavy atom. The predicted molar refractivity (Wildman–Crippen MR) is 72.7 cm³/mol. The molecule has 0 aliphatic carbocycles. The fourth-order valence-electron chi connectivity index (χ4n) is 1.45. The van der Waals surface area contributed by atoms with E-state index in [9.17, 15) is 18.3 Å². The number of hydrogen-bond donors (Lipinski definition) is 3. The van der Waals surface area contributed by atoms with Gasteiger partial charge in [-0.2, -0.15) is 0 Å². The van der Waals surface area contributed by atoms with Crippen molar-refractivity contribution in [3.8, 4) is 5.75 Å². The second-order valence-corrected chi connectivity index (χ2v) is 6.56. The molecular weight excluding hydrogens is 268 g/mol. The van der Waals surface area contributed by atoms with Gasteiger partial charge in [-0.05, 0) is 30.7 Å². The number of sulfone groups is 1. The molecule has 0 saturated heterocycles. The van der Waals surface area contributed by atoms with Crippen LogP contribution in [0.1, 0.15) is 13.3 Å². The molecule has 0 aliphatic rings. The Morgan fingerprint density at radius 1 is 1.47 bits per heavy atom. The molecule has 7 heteroatoms. The molecule has 0 spiro atoms. The summed E-state index contributed by atoms with van der Waals surface area (Å²) in [6.45, 7) is 2.20. The molecule has 19 heavy (non-hydrogen) atoms. The van der Waals surface area contributed by atoms with E-state index in [1.807, 2.05) is 6.92 Å². The van der Waals surface area contributed by atoms with Crippen molar-refractivity contribution in [1.82, 2.24) is 0 Å². The van der Waals surface area contributed by atoms with Gasteiger partial charge in [0.2, 0.25) is 5.91 Å². The van der Waals surface area contributed by atoms with Gasteiger partial charge in [0.25, 0.3) is 0 Å². The normalized spacial score (nSPS) is 13.0. The molecule has 0 saturated carbocycles. The lowest BCUT2D eigenvalue weighted by Crippen LogP contribution is -2.20. The van der Waals surface area contributed by atoms with E-state index in [2.05, 4.69) is 5.32 Å². The van der Waals surface area contributed by atoms with Crippen molar-refractivity contribution in [3.05, 3.63) is 18.2 Å². The number of carbonyl (C=O) groups is 1. The van der Waals surface area contributed by atoms with Crippen LogP contribution in [0.15, 0.2) is 23.1 Å². The third kappa shape index (κ3) is 4.53. The van der Waals surface area contributed by atoms with Gasteiger partial charge in [-0.25, -0.2) is 8.42 Å². The Kier molecular flexibility index (Phi) is 4.90. The van der Waals surface area contributed by atoms with E-state index >= 15 is 0 Å². The maximum atomic E-state index is 11.7. The monoisotopic (exact) mass is 286 g/mol. The van der Waals surface area contributed by atoms with Crippen LogP contribution in [0.5, 0.6) is 5.75 Å². The second-order valence-electron chi connectivity index (χ2n) is 4.54. The molecule has 1 aromatic rings. The summed E-state index contributed by atoms with van der Waals surface area (Å²) >= 11 is 0. The molecule has 0 radical (unpaired) electrons. The second kappa shape index (κ2) is 6.03. The average molecular weight is 286 g/mol. The Balaban J connectivity index is 2.92. The van der Waals surface area contributed by atoms with Crippen LogP contribution < -0.4 is 11.1 Å². The van der Waals surface area contributed by atoms with Gasteiger partial charge in [-0.3, -0.25) is 4.79 Å². The van der Waals surface area contributed by atoms with Crippen LogP contribution in [0.4, 0.5) is 5.69 Å². The molecule has 0 heterocycles. The smallest absolute Gasteiger partial charge is 0.224 e. The molecule has 0 aliphatic heterocycles. The largest absolute Gasteiger partial charge is 0.506 e. The molecule has 106 valence electrons. The molecule has 6 nitrogen and oxygen atoms in total. The Labute approximate surface area is 112 Å². The molecular formula is C12H18N2O4S. The topological polar surface area (TPSA) is 109 Å². The van der Waals surface area contributed by atoms with Gasteiger partial charge in [0.05, 0.1) is 10.6 Å². The van der Waals surface area contributed by atoms with E-state index in [-0.39, 0.29) is 34.6 Å². The number of nitrogens with two attached hydrogens (primary N) is 1. The van der Waals surface area contributed by atoms with Crippen molar-refractivity contribution < 1.29 is 18.3 Å². The van der Waals surface area contributed by atoms with E-state index in [4.69, 9.17) is 5.73 Å². The minimum atomic E-state index is -3.39. The number of benzene rings is 1. The lowest BCUT2D eigenvalue weighted by atomic mass is 10.1. The highest BCUT2D eigenvalue weighted by atomic mass is 32.2. The maximum Gasteiger partial charge on any atom is 0.224 e. The van der Waals surface area contributed by atoms with Crippen molar-refractivity contribution in [2.75, 3.05) is 18.1 Å². The number of rotatable bonds is 5. The van der Waals surface area contributed by atoms with Gasteiger partial charge in [0.15, 0.2) is 9.84 Å². The van der Waals surface area contributed by atoms with Crippen LogP contribution >= 0.6 is 0 Å². The van der Waals surface area contributed by atoms with E-state index < -0.39 is 9.84 Å². The van der Waals surface area contributed by atoms with Crippen LogP contribution in [0.25, 0.3) is 0 Å². The van der Waals surface area contributed by atoms with Crippen LogP contribution in [0, 0.1) is 5.92 Å². The van der Waals surface area contributed by atoms with Crippen LogP contribution in [-0.4, -0.2) is 32.2 Å². The zero-order valence-corrected chi connectivity index (χ0v) is 11.7. The van der Waals surface area contributed by atoms with Crippen molar-refractivity contribution in [3.63, 3.8) is 0 Å². The summed E-state index contributed by atoms with van der Waals surface area (Å²) in [7, 11) is -3.39. The Morgan fingerprint density at radius 2 is 2.11 bits per heavy atom. The standard InChI is InChI=1S/C12H18N2O4S/c1-8(7-13)5-12(16)14-10-6-9(19(2,17)18)3-4-11(10)15/h3-4,6,8,15H,5,7,13H2,1-2H3,(H,14,16). The summed E-state index contributed by atoms with van der Waals surface area (Å²) in [5.41, 5.74) is 5.50. The predicted octanol–water partition coefficient (Wildman–Crippen LogP) is 0.719. The third-order valence-corrected chi connectivity index (χ3v) is 3.72. The number of phenols is 1. The first-order valence-corrected chi connectivity index (χ1v) is 7.66. The van der Waals surface area contributed by atoms with Gasteiger partial charge >= 0.3 is 0 Å². The van der Waals surface area contributed by atoms with Crippen molar-refractivity contribution >= 4 is 21.4 Å². The van der Waals surface area contributed by atoms with Gasteiger partial charge in [-0.15, -0.1) is 0 Å². The first kappa shape index (κ1) is 15.5. The zero-order chi connectivity index (χ0) is 14.6. The van der Waals surface area contributed by atoms with E-state index in [1.165, 1.54) is 18.2 Å². The number of aromatic hydroxyl groups is 1. The van der Waals surface area contributed by atoms with Crippen molar-refractivity contribution in [2.24, 2.45) is 11.7 Å². The Bertz CT molecular complexity index is 569. The minimum Gasteiger partial charge on any atom is -0.506 e. The molecule has 1 rings (SSSR count). The highest BCUT2D eigenvalue weighted by Crippen LogP contribution is 2.26. The van der Waals surface area contributed by atoms with Gasteiger partial charge in [0, 0.05) is 12.7 Å². The minimum absolute atomic E-state index is 0.0141. The number of carbonyl (C=O) groups excluding carboxylic acids is 1. The fraction of sp³-hybridized carbons (Fsp3) is 0.417. The van der Waals surface area contributed by atoms with Crippen LogP contribution in [-0.2, 0) is 14.6 Å². The summed E-state index contributed by atoms with van der Waals surface area (Å²) in [6.07, 6.45) is 1.26. The SMILES string of the molecule is CC(CN)CC(=O)Nc1cc(S(C)(=O)=O)ccc1O. The average Bonchev–Trinajstić information content (AvgIpc) is 2.30. The van der Waals surface area contributed by atoms with E-state index in [0.717, 1.165) is 6.26 Å². The quantitative estimate of drug-likeness (QED) is 0.691. The molecule has 1 amide bonds. The number of anilines is 1. The number of phenolic OH excluding ortho intramolecular Hbond substituents is 1. The molecule has 1 atom stereocenters. The van der Waals surface area contributed by atoms with Gasteiger partial charge in [0.1, 0.15) is 5.75 Å². The Hall–Kier alpha value is -1.60. The summed E-state index contributed by atoms with van der Waals surface area (Å²) < 4.78 is 22.8. The molecule has 4 N–H and O–H groups in total. The number of amides is 1. The number of nitrogens with one attached hydrogen (secondary N) is 1. The lowest BCUT2D eigenvalue weighted by molar-refractivity contribution is -0.116. The highest BCUT2D eigenvalue weighted by Gasteiger charge is 2.14. The molecule has 0 fully saturated rings. The van der Waals surface area contributed by atoms with Gasteiger partial charge < -0.3 is 16.2 Å². The third-order valence-electron chi connectivity index (χ3n) is 2.61.